The Morgan fingerprint density at radius 2 is 1.83 bits per heavy atom. The normalized spacial score (nSPS) is 11.9. The number of hydrogen-bond donors (Lipinski definition) is 1. The summed E-state index contributed by atoms with van der Waals surface area (Å²) in [6, 6.07) is 12.5. The van der Waals surface area contributed by atoms with Gasteiger partial charge in [-0.1, -0.05) is 23.8 Å². The number of fused-ring (bicyclic) bond motifs is 1. The van der Waals surface area contributed by atoms with Crippen LogP contribution in [0.5, 0.6) is 0 Å². The summed E-state index contributed by atoms with van der Waals surface area (Å²) in [7, 11) is -3.47. The van der Waals surface area contributed by atoms with Gasteiger partial charge in [0, 0.05) is 13.5 Å². The maximum atomic E-state index is 12.2. The topological polar surface area (TPSA) is 72.2 Å². The van der Waals surface area contributed by atoms with E-state index < -0.39 is 10.0 Å². The van der Waals surface area contributed by atoms with Gasteiger partial charge in [0.05, 0.1) is 4.90 Å². The molecule has 0 spiro atoms. The predicted molar refractivity (Wildman–Crippen MR) is 88.8 cm³/mol. The van der Waals surface area contributed by atoms with Crippen molar-refractivity contribution in [3.05, 3.63) is 59.5 Å². The number of oxazole rings is 1. The van der Waals surface area contributed by atoms with Gasteiger partial charge in [0.25, 0.3) is 0 Å². The summed E-state index contributed by atoms with van der Waals surface area (Å²) in [5.74, 6) is 0.622. The molecule has 0 atom stereocenters. The molecule has 5 nitrogen and oxygen atoms in total. The molecule has 3 rings (SSSR count). The zero-order valence-electron chi connectivity index (χ0n) is 13.0. The van der Waals surface area contributed by atoms with E-state index in [1.165, 1.54) is 0 Å². The Morgan fingerprint density at radius 1 is 1.09 bits per heavy atom. The molecule has 0 aliphatic carbocycles. The van der Waals surface area contributed by atoms with Crippen LogP contribution >= 0.6 is 0 Å². The third-order valence-corrected chi connectivity index (χ3v) is 5.07. The summed E-state index contributed by atoms with van der Waals surface area (Å²) >= 11 is 0. The van der Waals surface area contributed by atoms with Gasteiger partial charge in [-0.3, -0.25) is 0 Å². The Bertz CT molecular complexity index is 928. The van der Waals surface area contributed by atoms with Crippen molar-refractivity contribution in [3.63, 3.8) is 0 Å². The van der Waals surface area contributed by atoms with E-state index >= 15 is 0 Å². The lowest BCUT2D eigenvalue weighted by Crippen LogP contribution is -2.25. The molecule has 0 unspecified atom stereocenters. The Hall–Kier alpha value is -2.18. The van der Waals surface area contributed by atoms with Crippen molar-refractivity contribution in [3.8, 4) is 0 Å². The van der Waals surface area contributed by atoms with Crippen LogP contribution in [0.1, 0.15) is 17.0 Å². The summed E-state index contributed by atoms with van der Waals surface area (Å²) in [5.41, 5.74) is 3.57. The van der Waals surface area contributed by atoms with Crippen molar-refractivity contribution in [2.45, 2.75) is 25.2 Å². The third kappa shape index (κ3) is 3.60. The van der Waals surface area contributed by atoms with Gasteiger partial charge in [-0.05, 0) is 43.2 Å². The molecule has 0 radical (unpaired) electrons. The number of rotatable bonds is 5. The van der Waals surface area contributed by atoms with Crippen LogP contribution in [0.3, 0.4) is 0 Å². The zero-order chi connectivity index (χ0) is 16.4. The highest BCUT2D eigenvalue weighted by Gasteiger charge is 2.13. The summed E-state index contributed by atoms with van der Waals surface area (Å²) in [4.78, 5) is 4.56. The van der Waals surface area contributed by atoms with Crippen LogP contribution in [0.15, 0.2) is 51.8 Å². The zero-order valence-corrected chi connectivity index (χ0v) is 13.9. The van der Waals surface area contributed by atoms with E-state index in [0.29, 0.717) is 18.9 Å². The fraction of sp³-hybridized carbons (Fsp3) is 0.235. The number of nitrogens with one attached hydrogen (secondary N) is 1. The maximum absolute atomic E-state index is 12.2. The summed E-state index contributed by atoms with van der Waals surface area (Å²) in [6.07, 6.45) is 0.590. The second-order valence-corrected chi connectivity index (χ2v) is 7.26. The Morgan fingerprint density at radius 3 is 2.57 bits per heavy atom. The first kappa shape index (κ1) is 15.7. The van der Waals surface area contributed by atoms with E-state index in [2.05, 4.69) is 9.71 Å². The SMILES string of the molecule is Cc1ccc(S(=O)(=O)NCCc2ccc3oc(C)nc3c2)cc1. The van der Waals surface area contributed by atoms with E-state index in [0.717, 1.165) is 22.2 Å². The number of aromatic nitrogens is 1. The molecule has 6 heteroatoms. The van der Waals surface area contributed by atoms with E-state index in [-0.39, 0.29) is 4.90 Å². The fourth-order valence-corrected chi connectivity index (χ4v) is 3.41. The van der Waals surface area contributed by atoms with Crippen LogP contribution in [0.2, 0.25) is 0 Å². The minimum Gasteiger partial charge on any atom is -0.441 e. The number of sulfonamides is 1. The predicted octanol–water partition coefficient (Wildman–Crippen LogP) is 2.97. The van der Waals surface area contributed by atoms with Gasteiger partial charge < -0.3 is 4.42 Å². The molecule has 0 amide bonds. The van der Waals surface area contributed by atoms with Crippen molar-refractivity contribution in [1.29, 1.82) is 0 Å². The molecule has 23 heavy (non-hydrogen) atoms. The molecular formula is C17H18N2O3S. The van der Waals surface area contributed by atoms with Crippen molar-refractivity contribution >= 4 is 21.1 Å². The lowest BCUT2D eigenvalue weighted by Gasteiger charge is -2.07. The highest BCUT2D eigenvalue weighted by Crippen LogP contribution is 2.17. The average Bonchev–Trinajstić information content (AvgIpc) is 2.87. The number of aryl methyl sites for hydroxylation is 2. The van der Waals surface area contributed by atoms with Crippen molar-refractivity contribution < 1.29 is 12.8 Å². The average molecular weight is 330 g/mol. The number of nitrogens with zero attached hydrogens (tertiary/aromatic N) is 1. The molecule has 1 N–H and O–H groups in total. The van der Waals surface area contributed by atoms with Crippen LogP contribution in [0.25, 0.3) is 11.1 Å². The fourth-order valence-electron chi connectivity index (χ4n) is 2.37. The van der Waals surface area contributed by atoms with E-state index in [1.807, 2.05) is 25.1 Å². The van der Waals surface area contributed by atoms with Gasteiger partial charge in [-0.2, -0.15) is 0 Å². The molecule has 0 aliphatic rings. The van der Waals surface area contributed by atoms with E-state index in [1.54, 1.807) is 31.2 Å². The van der Waals surface area contributed by atoms with Crippen molar-refractivity contribution in [2.75, 3.05) is 6.54 Å². The Labute approximate surface area is 135 Å². The standard InChI is InChI=1S/C17H18N2O3S/c1-12-3-6-15(7-4-12)23(20,21)18-10-9-14-5-8-17-16(11-14)19-13(2)22-17/h3-8,11,18H,9-10H2,1-2H3. The molecule has 1 aromatic heterocycles. The van der Waals surface area contributed by atoms with Gasteiger partial charge in [-0.25, -0.2) is 18.1 Å². The highest BCUT2D eigenvalue weighted by atomic mass is 32.2. The quantitative estimate of drug-likeness (QED) is 0.780. The molecule has 0 saturated carbocycles. The van der Waals surface area contributed by atoms with Crippen LogP contribution in [-0.4, -0.2) is 19.9 Å². The third-order valence-electron chi connectivity index (χ3n) is 3.60. The smallest absolute Gasteiger partial charge is 0.240 e. The summed E-state index contributed by atoms with van der Waals surface area (Å²) in [6.45, 7) is 4.06. The Kier molecular flexibility index (Phi) is 4.19. The van der Waals surface area contributed by atoms with E-state index in [4.69, 9.17) is 4.42 Å². The monoisotopic (exact) mass is 330 g/mol. The van der Waals surface area contributed by atoms with Gasteiger partial charge in [0.1, 0.15) is 5.52 Å². The highest BCUT2D eigenvalue weighted by molar-refractivity contribution is 7.89. The van der Waals surface area contributed by atoms with Crippen molar-refractivity contribution in [1.82, 2.24) is 9.71 Å². The lowest BCUT2D eigenvalue weighted by molar-refractivity contribution is 0.561. The van der Waals surface area contributed by atoms with E-state index in [9.17, 15) is 8.42 Å². The second kappa shape index (κ2) is 6.14. The molecule has 1 heterocycles. The van der Waals surface area contributed by atoms with Crippen molar-refractivity contribution in [2.24, 2.45) is 0 Å². The minimum absolute atomic E-state index is 0.283. The minimum atomic E-state index is -3.47. The van der Waals surface area contributed by atoms with Crippen LogP contribution in [0.4, 0.5) is 0 Å². The summed E-state index contributed by atoms with van der Waals surface area (Å²) < 4.78 is 32.5. The first-order valence-corrected chi connectivity index (χ1v) is 8.85. The summed E-state index contributed by atoms with van der Waals surface area (Å²) in [5, 5.41) is 0. The first-order valence-electron chi connectivity index (χ1n) is 7.36. The largest absolute Gasteiger partial charge is 0.441 e. The molecule has 0 fully saturated rings. The maximum Gasteiger partial charge on any atom is 0.240 e. The lowest BCUT2D eigenvalue weighted by atomic mass is 10.1. The molecule has 120 valence electrons. The number of hydrogen-bond acceptors (Lipinski definition) is 4. The van der Waals surface area contributed by atoms with Crippen LogP contribution in [-0.2, 0) is 16.4 Å². The van der Waals surface area contributed by atoms with Crippen LogP contribution < -0.4 is 4.72 Å². The molecule has 0 bridgehead atoms. The molecule has 0 saturated heterocycles. The Balaban J connectivity index is 1.66. The van der Waals surface area contributed by atoms with Gasteiger partial charge in [0.2, 0.25) is 10.0 Å². The molecule has 2 aromatic carbocycles. The van der Waals surface area contributed by atoms with Crippen LogP contribution in [0, 0.1) is 13.8 Å². The molecule has 0 aliphatic heterocycles. The number of benzene rings is 2. The first-order chi connectivity index (χ1) is 10.9. The molecule has 3 aromatic rings. The second-order valence-electron chi connectivity index (χ2n) is 5.50. The van der Waals surface area contributed by atoms with Gasteiger partial charge in [0.15, 0.2) is 11.5 Å². The molecular weight excluding hydrogens is 312 g/mol. The van der Waals surface area contributed by atoms with Gasteiger partial charge >= 0.3 is 0 Å². The van der Waals surface area contributed by atoms with Gasteiger partial charge in [-0.15, -0.1) is 0 Å².